The van der Waals surface area contributed by atoms with E-state index in [0.717, 1.165) is 35.8 Å². The van der Waals surface area contributed by atoms with Crippen molar-refractivity contribution in [2.75, 3.05) is 24.6 Å². The average molecular weight is 428 g/mol. The Morgan fingerprint density at radius 2 is 2.13 bits per heavy atom. The first-order valence-corrected chi connectivity index (χ1v) is 11.0. The van der Waals surface area contributed by atoms with Crippen molar-refractivity contribution in [1.29, 1.82) is 0 Å². The largest absolute Gasteiger partial charge is 0.494 e. The van der Waals surface area contributed by atoms with Gasteiger partial charge in [-0.25, -0.2) is 4.98 Å². The molecule has 4 rings (SSSR count). The lowest BCUT2D eigenvalue weighted by atomic mass is 9.97. The van der Waals surface area contributed by atoms with Gasteiger partial charge in [0.05, 0.1) is 12.5 Å². The molecule has 2 aromatic heterocycles. The van der Waals surface area contributed by atoms with Gasteiger partial charge in [-0.15, -0.1) is 5.10 Å². The quantitative estimate of drug-likeness (QED) is 0.650. The number of rotatable bonds is 6. The first kappa shape index (κ1) is 20.3. The number of benzene rings is 1. The summed E-state index contributed by atoms with van der Waals surface area (Å²) in [4.78, 5) is 31.9. The molecular weight excluding hydrogens is 402 g/mol. The molecule has 1 saturated heterocycles. The summed E-state index contributed by atoms with van der Waals surface area (Å²) in [5, 5.41) is 8.21. The lowest BCUT2D eigenvalue weighted by Gasteiger charge is -2.31. The number of fused-ring (bicyclic) bond motifs is 1. The highest BCUT2D eigenvalue weighted by atomic mass is 32.1. The maximum Gasteiger partial charge on any atom is 0.275 e. The van der Waals surface area contributed by atoms with E-state index in [2.05, 4.69) is 20.3 Å². The molecule has 0 aliphatic carbocycles. The van der Waals surface area contributed by atoms with E-state index in [1.165, 1.54) is 21.9 Å². The van der Waals surface area contributed by atoms with E-state index in [4.69, 9.17) is 4.74 Å². The summed E-state index contributed by atoms with van der Waals surface area (Å²) in [5.41, 5.74) is 1.54. The van der Waals surface area contributed by atoms with Gasteiger partial charge in [-0.05, 0) is 44.4 Å². The Morgan fingerprint density at radius 3 is 2.90 bits per heavy atom. The number of aryl methyl sites for hydroxylation is 1. The zero-order chi connectivity index (χ0) is 21.1. The normalized spacial score (nSPS) is 16.6. The van der Waals surface area contributed by atoms with Crippen LogP contribution in [0.2, 0.25) is 0 Å². The zero-order valence-corrected chi connectivity index (χ0v) is 17.9. The maximum absolute atomic E-state index is 12.7. The molecule has 8 nitrogen and oxygen atoms in total. The Bertz CT molecular complexity index is 1090. The summed E-state index contributed by atoms with van der Waals surface area (Å²) in [5.74, 6) is 0.760. The molecule has 158 valence electrons. The van der Waals surface area contributed by atoms with Crippen LogP contribution in [0.25, 0.3) is 4.96 Å². The third-order valence-corrected chi connectivity index (χ3v) is 6.10. The molecule has 0 saturated carbocycles. The van der Waals surface area contributed by atoms with Gasteiger partial charge in [0, 0.05) is 31.4 Å². The number of nitrogens with one attached hydrogen (secondary N) is 1. The number of hydrogen-bond acceptors (Lipinski definition) is 7. The standard InChI is InChI=1S/C21H25N5O3S/c1-3-29-17-8-6-15(7-9-17)12-22-19(28)16-5-4-10-25(13-16)21-24-26-18(27)11-14(2)23-20(26)30-21/h6-9,11,16H,3-5,10,12-13H2,1-2H3,(H,22,28)/t16-/m1/s1. The van der Waals surface area contributed by atoms with Crippen LogP contribution in [0.5, 0.6) is 5.75 Å². The SMILES string of the molecule is CCOc1ccc(CNC(=O)[C@@H]2CCCN(c3nn4c(=O)cc(C)nc4s3)C2)cc1. The minimum absolute atomic E-state index is 0.0424. The third-order valence-electron chi connectivity index (χ3n) is 5.13. The fourth-order valence-electron chi connectivity index (χ4n) is 3.61. The zero-order valence-electron chi connectivity index (χ0n) is 17.1. The third kappa shape index (κ3) is 4.46. The van der Waals surface area contributed by atoms with Crippen LogP contribution >= 0.6 is 11.3 Å². The molecule has 0 unspecified atom stereocenters. The van der Waals surface area contributed by atoms with Gasteiger partial charge in [-0.2, -0.15) is 4.52 Å². The summed E-state index contributed by atoms with van der Waals surface area (Å²) in [6.45, 7) is 6.27. The Kier molecular flexibility index (Phi) is 5.98. The summed E-state index contributed by atoms with van der Waals surface area (Å²) >= 11 is 1.38. The highest BCUT2D eigenvalue weighted by Gasteiger charge is 2.27. The number of aromatic nitrogens is 3. The number of ether oxygens (including phenoxy) is 1. The van der Waals surface area contributed by atoms with Crippen LogP contribution in [-0.4, -0.2) is 40.2 Å². The fourth-order valence-corrected chi connectivity index (χ4v) is 4.59. The van der Waals surface area contributed by atoms with Crippen LogP contribution in [0, 0.1) is 12.8 Å². The average Bonchev–Trinajstić information content (AvgIpc) is 3.18. The number of carbonyl (C=O) groups is 1. The minimum atomic E-state index is -0.179. The molecule has 9 heteroatoms. The van der Waals surface area contributed by atoms with E-state index >= 15 is 0 Å². The second kappa shape index (κ2) is 8.83. The Morgan fingerprint density at radius 1 is 1.33 bits per heavy atom. The number of carbonyl (C=O) groups excluding carboxylic acids is 1. The monoisotopic (exact) mass is 427 g/mol. The van der Waals surface area contributed by atoms with Crippen LogP contribution in [0.15, 0.2) is 35.1 Å². The predicted octanol–water partition coefficient (Wildman–Crippen LogP) is 2.39. The molecule has 0 bridgehead atoms. The van der Waals surface area contributed by atoms with E-state index in [0.29, 0.717) is 30.4 Å². The Labute approximate surface area is 178 Å². The van der Waals surface area contributed by atoms with Crippen LogP contribution in [0.1, 0.15) is 31.0 Å². The van der Waals surface area contributed by atoms with Crippen molar-refractivity contribution in [3.05, 3.63) is 51.9 Å². The van der Waals surface area contributed by atoms with Crippen molar-refractivity contribution >= 4 is 27.3 Å². The van der Waals surface area contributed by atoms with Crippen molar-refractivity contribution in [3.8, 4) is 5.75 Å². The van der Waals surface area contributed by atoms with Gasteiger partial charge in [0.15, 0.2) is 0 Å². The first-order valence-electron chi connectivity index (χ1n) is 10.2. The van der Waals surface area contributed by atoms with Gasteiger partial charge in [-0.3, -0.25) is 9.59 Å². The van der Waals surface area contributed by atoms with Gasteiger partial charge < -0.3 is 15.0 Å². The van der Waals surface area contributed by atoms with Crippen LogP contribution in [0.4, 0.5) is 5.13 Å². The Hall–Kier alpha value is -2.94. The van der Waals surface area contributed by atoms with E-state index in [9.17, 15) is 9.59 Å². The number of hydrogen-bond donors (Lipinski definition) is 1. The van der Waals surface area contributed by atoms with Crippen LogP contribution in [-0.2, 0) is 11.3 Å². The van der Waals surface area contributed by atoms with Gasteiger partial charge in [-0.1, -0.05) is 23.5 Å². The van der Waals surface area contributed by atoms with E-state index in [1.54, 1.807) is 6.92 Å². The molecule has 0 spiro atoms. The minimum Gasteiger partial charge on any atom is -0.494 e. The molecule has 30 heavy (non-hydrogen) atoms. The van der Waals surface area contributed by atoms with Crippen molar-refractivity contribution in [1.82, 2.24) is 19.9 Å². The van der Waals surface area contributed by atoms with Crippen molar-refractivity contribution in [3.63, 3.8) is 0 Å². The van der Waals surface area contributed by atoms with Crippen molar-refractivity contribution in [2.24, 2.45) is 5.92 Å². The van der Waals surface area contributed by atoms with Crippen molar-refractivity contribution in [2.45, 2.75) is 33.2 Å². The summed E-state index contributed by atoms with van der Waals surface area (Å²) in [7, 11) is 0. The molecule has 1 atom stereocenters. The highest BCUT2D eigenvalue weighted by molar-refractivity contribution is 7.20. The summed E-state index contributed by atoms with van der Waals surface area (Å²) in [6.07, 6.45) is 1.74. The molecule has 1 aromatic carbocycles. The number of amides is 1. The predicted molar refractivity (Wildman–Crippen MR) is 116 cm³/mol. The first-order chi connectivity index (χ1) is 14.5. The molecule has 1 amide bonds. The summed E-state index contributed by atoms with van der Waals surface area (Å²) < 4.78 is 6.78. The number of nitrogens with zero attached hydrogens (tertiary/aromatic N) is 4. The van der Waals surface area contributed by atoms with E-state index < -0.39 is 0 Å². The molecular formula is C21H25N5O3S. The second-order valence-corrected chi connectivity index (χ2v) is 8.33. The van der Waals surface area contributed by atoms with Gasteiger partial charge >= 0.3 is 0 Å². The van der Waals surface area contributed by atoms with Crippen LogP contribution in [0.3, 0.4) is 0 Å². The second-order valence-electron chi connectivity index (χ2n) is 7.39. The van der Waals surface area contributed by atoms with E-state index in [1.807, 2.05) is 31.2 Å². The molecule has 0 radical (unpaired) electrons. The van der Waals surface area contributed by atoms with Gasteiger partial charge in [0.25, 0.3) is 5.56 Å². The Balaban J connectivity index is 1.39. The smallest absolute Gasteiger partial charge is 0.275 e. The van der Waals surface area contributed by atoms with Gasteiger partial charge in [0.2, 0.25) is 16.0 Å². The molecule has 3 heterocycles. The lowest BCUT2D eigenvalue weighted by Crippen LogP contribution is -2.43. The van der Waals surface area contributed by atoms with E-state index in [-0.39, 0.29) is 17.4 Å². The topological polar surface area (TPSA) is 88.8 Å². The summed E-state index contributed by atoms with van der Waals surface area (Å²) in [6, 6.07) is 9.23. The fraction of sp³-hybridized carbons (Fsp3) is 0.429. The molecule has 1 fully saturated rings. The molecule has 3 aromatic rings. The number of piperidine rings is 1. The molecule has 1 aliphatic rings. The highest BCUT2D eigenvalue weighted by Crippen LogP contribution is 2.27. The maximum atomic E-state index is 12.7. The van der Waals surface area contributed by atoms with Gasteiger partial charge in [0.1, 0.15) is 5.75 Å². The molecule has 1 aliphatic heterocycles. The van der Waals surface area contributed by atoms with Crippen LogP contribution < -0.4 is 20.5 Å². The lowest BCUT2D eigenvalue weighted by molar-refractivity contribution is -0.125. The number of anilines is 1. The van der Waals surface area contributed by atoms with Crippen molar-refractivity contribution < 1.29 is 9.53 Å². The molecule has 1 N–H and O–H groups in total.